The molecule has 0 aromatic carbocycles. The average Bonchev–Trinajstić information content (AvgIpc) is 2.62. The molecule has 0 atom stereocenters. The van der Waals surface area contributed by atoms with Crippen molar-refractivity contribution in [3.05, 3.63) is 17.0 Å². The Balaban J connectivity index is 2.05. The van der Waals surface area contributed by atoms with Gasteiger partial charge in [-0.1, -0.05) is 37.3 Å². The molecule has 0 bridgehead atoms. The number of halogens is 1. The molecule has 2 rings (SSSR count). The molecule has 0 amide bonds. The zero-order chi connectivity index (χ0) is 13.7. The molecule has 5 nitrogen and oxygen atoms in total. The monoisotopic (exact) mass is 283 g/mol. The maximum Gasteiger partial charge on any atom is 0.156 e. The number of hydrogen-bond acceptors (Lipinski definition) is 5. The quantitative estimate of drug-likeness (QED) is 0.504. The fraction of sp³-hybridized carbons (Fsp3) is 0.615. The van der Waals surface area contributed by atoms with Crippen molar-refractivity contribution in [2.24, 2.45) is 0 Å². The van der Waals surface area contributed by atoms with Crippen LogP contribution in [0.25, 0.3) is 0 Å². The molecule has 2 N–H and O–H groups in total. The predicted octanol–water partition coefficient (Wildman–Crippen LogP) is 2.44. The van der Waals surface area contributed by atoms with Gasteiger partial charge in [0.15, 0.2) is 6.29 Å². The first-order chi connectivity index (χ1) is 9.14. The number of nitrogens with one attached hydrogen (secondary N) is 1. The van der Waals surface area contributed by atoms with E-state index >= 15 is 0 Å². The second-order valence-corrected chi connectivity index (χ2v) is 5.39. The van der Waals surface area contributed by atoms with Crippen molar-refractivity contribution in [2.75, 3.05) is 11.9 Å². The minimum absolute atomic E-state index is 0.125. The Bertz CT molecular complexity index is 446. The van der Waals surface area contributed by atoms with E-state index in [-0.39, 0.29) is 10.7 Å². The standard InChI is InChI=1S/C13H18ClN3O2/c14-11-10(7-18)12(17-9-16-11)15-8-13(19)5-3-1-2-4-6-13/h7,9,19H,1-6,8H2,(H,15,16,17). The molecule has 1 aromatic heterocycles. The van der Waals surface area contributed by atoms with Crippen molar-refractivity contribution in [3.8, 4) is 0 Å². The highest BCUT2D eigenvalue weighted by Crippen LogP contribution is 2.27. The summed E-state index contributed by atoms with van der Waals surface area (Å²) in [5.41, 5.74) is -0.491. The molecular formula is C13H18ClN3O2. The maximum atomic E-state index is 11.0. The summed E-state index contributed by atoms with van der Waals surface area (Å²) in [7, 11) is 0. The van der Waals surface area contributed by atoms with Crippen LogP contribution in [0.4, 0.5) is 5.82 Å². The summed E-state index contributed by atoms with van der Waals surface area (Å²) in [5.74, 6) is 0.382. The van der Waals surface area contributed by atoms with E-state index in [1.807, 2.05) is 0 Å². The lowest BCUT2D eigenvalue weighted by Gasteiger charge is -2.27. The van der Waals surface area contributed by atoms with Gasteiger partial charge in [-0.25, -0.2) is 9.97 Å². The van der Waals surface area contributed by atoms with E-state index in [1.54, 1.807) is 0 Å². The molecule has 19 heavy (non-hydrogen) atoms. The Hall–Kier alpha value is -1.20. The van der Waals surface area contributed by atoms with Crippen molar-refractivity contribution in [1.82, 2.24) is 9.97 Å². The van der Waals surface area contributed by atoms with E-state index in [1.165, 1.54) is 19.2 Å². The first-order valence-electron chi connectivity index (χ1n) is 6.56. The van der Waals surface area contributed by atoms with Crippen LogP contribution >= 0.6 is 11.6 Å². The van der Waals surface area contributed by atoms with Gasteiger partial charge in [-0.2, -0.15) is 0 Å². The van der Waals surface area contributed by atoms with E-state index in [2.05, 4.69) is 15.3 Å². The Morgan fingerprint density at radius 3 is 2.63 bits per heavy atom. The van der Waals surface area contributed by atoms with Crippen LogP contribution < -0.4 is 5.32 Å². The highest BCUT2D eigenvalue weighted by atomic mass is 35.5. The van der Waals surface area contributed by atoms with Crippen molar-refractivity contribution in [3.63, 3.8) is 0 Å². The number of aliphatic hydroxyl groups is 1. The fourth-order valence-electron chi connectivity index (χ4n) is 2.43. The number of carbonyl (C=O) groups excluding carboxylic acids is 1. The van der Waals surface area contributed by atoms with Crippen LogP contribution in [0.3, 0.4) is 0 Å². The van der Waals surface area contributed by atoms with Crippen molar-refractivity contribution < 1.29 is 9.90 Å². The molecule has 104 valence electrons. The predicted molar refractivity (Wildman–Crippen MR) is 73.6 cm³/mol. The topological polar surface area (TPSA) is 75.1 Å². The normalized spacial score (nSPS) is 18.6. The van der Waals surface area contributed by atoms with Crippen LogP contribution in [-0.4, -0.2) is 33.5 Å². The summed E-state index contributed by atoms with van der Waals surface area (Å²) < 4.78 is 0. The molecule has 1 aromatic rings. The Labute approximate surface area is 117 Å². The number of nitrogens with zero attached hydrogens (tertiary/aromatic N) is 2. The molecule has 6 heteroatoms. The van der Waals surface area contributed by atoms with Crippen LogP contribution in [-0.2, 0) is 0 Å². The Morgan fingerprint density at radius 2 is 2.00 bits per heavy atom. The summed E-state index contributed by atoms with van der Waals surface area (Å²) >= 11 is 5.83. The fourth-order valence-corrected chi connectivity index (χ4v) is 2.61. The molecule has 0 unspecified atom stereocenters. The van der Waals surface area contributed by atoms with Gasteiger partial charge in [-0.3, -0.25) is 4.79 Å². The number of aldehydes is 1. The largest absolute Gasteiger partial charge is 0.388 e. The van der Waals surface area contributed by atoms with Gasteiger partial charge in [0.05, 0.1) is 11.2 Å². The molecule has 1 aliphatic rings. The van der Waals surface area contributed by atoms with Gasteiger partial charge in [0, 0.05) is 6.54 Å². The number of rotatable bonds is 4. The van der Waals surface area contributed by atoms with Gasteiger partial charge < -0.3 is 10.4 Å². The van der Waals surface area contributed by atoms with Gasteiger partial charge in [0.1, 0.15) is 17.3 Å². The first kappa shape index (κ1) is 14.2. The van der Waals surface area contributed by atoms with Crippen LogP contribution in [0, 0.1) is 0 Å². The van der Waals surface area contributed by atoms with Gasteiger partial charge in [-0.15, -0.1) is 0 Å². The molecule has 0 aliphatic heterocycles. The molecule has 0 spiro atoms. The summed E-state index contributed by atoms with van der Waals surface area (Å²) in [4.78, 5) is 18.7. The van der Waals surface area contributed by atoms with Crippen LogP contribution in [0.15, 0.2) is 6.33 Å². The summed E-state index contributed by atoms with van der Waals surface area (Å²) in [5, 5.41) is 13.7. The van der Waals surface area contributed by atoms with E-state index < -0.39 is 5.60 Å². The zero-order valence-electron chi connectivity index (χ0n) is 10.7. The van der Waals surface area contributed by atoms with E-state index in [4.69, 9.17) is 11.6 Å². The Morgan fingerprint density at radius 1 is 1.32 bits per heavy atom. The molecule has 0 saturated heterocycles. The first-order valence-corrected chi connectivity index (χ1v) is 6.94. The number of carbonyl (C=O) groups is 1. The summed E-state index contributed by atoms with van der Waals surface area (Å²) in [6.07, 6.45) is 7.87. The lowest BCUT2D eigenvalue weighted by molar-refractivity contribution is 0.0380. The van der Waals surface area contributed by atoms with Crippen LogP contribution in [0.5, 0.6) is 0 Å². The van der Waals surface area contributed by atoms with Gasteiger partial charge in [0.2, 0.25) is 0 Å². The molecule has 1 saturated carbocycles. The van der Waals surface area contributed by atoms with Crippen LogP contribution in [0.1, 0.15) is 48.9 Å². The van der Waals surface area contributed by atoms with Gasteiger partial charge >= 0.3 is 0 Å². The number of anilines is 1. The van der Waals surface area contributed by atoms with Gasteiger partial charge in [0.25, 0.3) is 0 Å². The highest BCUT2D eigenvalue weighted by molar-refractivity contribution is 6.32. The maximum absolute atomic E-state index is 11.0. The third-order valence-corrected chi connectivity index (χ3v) is 3.87. The zero-order valence-corrected chi connectivity index (χ0v) is 11.5. The lowest BCUT2D eigenvalue weighted by atomic mass is 9.94. The van der Waals surface area contributed by atoms with Crippen LogP contribution in [0.2, 0.25) is 5.15 Å². The minimum atomic E-state index is -0.728. The molecule has 0 radical (unpaired) electrons. The van der Waals surface area contributed by atoms with E-state index in [0.29, 0.717) is 18.6 Å². The van der Waals surface area contributed by atoms with E-state index in [0.717, 1.165) is 25.7 Å². The molecular weight excluding hydrogens is 266 g/mol. The van der Waals surface area contributed by atoms with E-state index in [9.17, 15) is 9.90 Å². The molecule has 1 heterocycles. The average molecular weight is 284 g/mol. The molecule has 1 fully saturated rings. The summed E-state index contributed by atoms with van der Waals surface area (Å²) in [6.45, 7) is 0.376. The Kier molecular flexibility index (Phi) is 4.71. The third kappa shape index (κ3) is 3.64. The third-order valence-electron chi connectivity index (χ3n) is 3.57. The van der Waals surface area contributed by atoms with Crippen molar-refractivity contribution in [1.29, 1.82) is 0 Å². The number of hydrogen-bond donors (Lipinski definition) is 2. The smallest absolute Gasteiger partial charge is 0.156 e. The SMILES string of the molecule is O=Cc1c(Cl)ncnc1NCC1(O)CCCCCC1. The second kappa shape index (κ2) is 6.30. The second-order valence-electron chi connectivity index (χ2n) is 5.04. The molecule has 1 aliphatic carbocycles. The minimum Gasteiger partial charge on any atom is -0.388 e. The number of aromatic nitrogens is 2. The van der Waals surface area contributed by atoms with Crippen molar-refractivity contribution >= 4 is 23.7 Å². The van der Waals surface area contributed by atoms with Crippen molar-refractivity contribution in [2.45, 2.75) is 44.1 Å². The lowest BCUT2D eigenvalue weighted by Crippen LogP contribution is -2.36. The van der Waals surface area contributed by atoms with Gasteiger partial charge in [-0.05, 0) is 12.8 Å². The highest BCUT2D eigenvalue weighted by Gasteiger charge is 2.28. The summed E-state index contributed by atoms with van der Waals surface area (Å²) in [6, 6.07) is 0.